The Morgan fingerprint density at radius 2 is 1.83 bits per heavy atom. The number of likely N-dealkylation sites (tertiary alicyclic amines) is 1. The van der Waals surface area contributed by atoms with Crippen LogP contribution >= 0.6 is 0 Å². The molecule has 7 nitrogen and oxygen atoms in total. The van der Waals surface area contributed by atoms with Gasteiger partial charge in [0.05, 0.1) is 4.90 Å². The van der Waals surface area contributed by atoms with Crippen molar-refractivity contribution in [1.29, 1.82) is 0 Å². The molecule has 2 heterocycles. The average molecular weight is 497 g/mol. The maximum atomic E-state index is 13.7. The fourth-order valence-corrected chi connectivity index (χ4v) is 6.29. The van der Waals surface area contributed by atoms with Crippen LogP contribution in [0, 0.1) is 5.92 Å². The Labute approximate surface area is 208 Å². The zero-order valence-corrected chi connectivity index (χ0v) is 21.6. The fourth-order valence-electron chi connectivity index (χ4n) is 4.80. The van der Waals surface area contributed by atoms with E-state index < -0.39 is 16.1 Å². The van der Waals surface area contributed by atoms with Gasteiger partial charge in [-0.15, -0.1) is 0 Å². The highest BCUT2D eigenvalue weighted by Gasteiger charge is 2.32. The van der Waals surface area contributed by atoms with E-state index in [0.29, 0.717) is 43.8 Å². The normalized spacial score (nSPS) is 16.2. The van der Waals surface area contributed by atoms with Crippen LogP contribution in [0.2, 0.25) is 0 Å². The van der Waals surface area contributed by atoms with E-state index in [0.717, 1.165) is 29.5 Å². The first-order chi connectivity index (χ1) is 16.7. The lowest BCUT2D eigenvalue weighted by atomic mass is 9.98. The maximum absolute atomic E-state index is 13.7. The second-order valence-electron chi connectivity index (χ2n) is 9.94. The molecule has 1 fully saturated rings. The number of nitrogens with one attached hydrogen (secondary N) is 2. The van der Waals surface area contributed by atoms with Crippen molar-refractivity contribution >= 4 is 26.8 Å². The number of sulfonamides is 1. The number of carbonyl (C=O) groups excluding carboxylic acids is 1. The second-order valence-corrected chi connectivity index (χ2v) is 11.6. The predicted octanol–water partition coefficient (Wildman–Crippen LogP) is 3.77. The molecular formula is C27H36N4O3S. The molecule has 8 heteroatoms. The Morgan fingerprint density at radius 1 is 1.11 bits per heavy atom. The maximum Gasteiger partial charge on any atom is 0.241 e. The third-order valence-electron chi connectivity index (χ3n) is 6.78. The van der Waals surface area contributed by atoms with Crippen molar-refractivity contribution in [2.45, 2.75) is 50.1 Å². The highest BCUT2D eigenvalue weighted by Crippen LogP contribution is 2.28. The SMILES string of the molecule is CC1CCN(C(=O)C(CCc2ccccc2)NS(=O)(=O)c2cccc3[nH]cc(CN(C)C)c23)CC1. The minimum absolute atomic E-state index is 0.133. The van der Waals surface area contributed by atoms with E-state index in [-0.39, 0.29) is 10.8 Å². The van der Waals surface area contributed by atoms with Crippen LogP contribution in [0.3, 0.4) is 0 Å². The molecule has 4 rings (SSSR count). The molecule has 1 amide bonds. The summed E-state index contributed by atoms with van der Waals surface area (Å²) in [6, 6.07) is 14.3. The van der Waals surface area contributed by atoms with Crippen molar-refractivity contribution in [2.24, 2.45) is 5.92 Å². The van der Waals surface area contributed by atoms with Crippen molar-refractivity contribution < 1.29 is 13.2 Å². The summed E-state index contributed by atoms with van der Waals surface area (Å²) < 4.78 is 30.3. The summed E-state index contributed by atoms with van der Waals surface area (Å²) in [5, 5.41) is 0.676. The van der Waals surface area contributed by atoms with E-state index >= 15 is 0 Å². The van der Waals surface area contributed by atoms with Crippen LogP contribution in [0.4, 0.5) is 0 Å². The second kappa shape index (κ2) is 10.9. The van der Waals surface area contributed by atoms with Crippen LogP contribution in [0.15, 0.2) is 59.6 Å². The van der Waals surface area contributed by atoms with E-state index in [4.69, 9.17) is 0 Å². The molecule has 1 atom stereocenters. The molecule has 0 saturated carbocycles. The van der Waals surface area contributed by atoms with Gasteiger partial charge in [0.2, 0.25) is 15.9 Å². The minimum Gasteiger partial charge on any atom is -0.361 e. The predicted molar refractivity (Wildman–Crippen MR) is 140 cm³/mol. The number of benzene rings is 2. The number of hydrogen-bond acceptors (Lipinski definition) is 4. The van der Waals surface area contributed by atoms with Crippen molar-refractivity contribution in [2.75, 3.05) is 27.2 Å². The average Bonchev–Trinajstić information content (AvgIpc) is 3.24. The molecule has 2 N–H and O–H groups in total. The summed E-state index contributed by atoms with van der Waals surface area (Å²) in [6.45, 7) is 4.14. The van der Waals surface area contributed by atoms with Gasteiger partial charge in [0.1, 0.15) is 6.04 Å². The third kappa shape index (κ3) is 6.12. The van der Waals surface area contributed by atoms with Crippen LogP contribution in [0.25, 0.3) is 10.9 Å². The molecule has 0 radical (unpaired) electrons. The molecule has 188 valence electrons. The Kier molecular flexibility index (Phi) is 7.94. The fraction of sp³-hybridized carbons (Fsp3) is 0.444. The largest absolute Gasteiger partial charge is 0.361 e. The summed E-state index contributed by atoms with van der Waals surface area (Å²) >= 11 is 0. The summed E-state index contributed by atoms with van der Waals surface area (Å²) in [7, 11) is -0.0485. The Hall–Kier alpha value is -2.68. The molecule has 3 aromatic rings. The number of nitrogens with zero attached hydrogens (tertiary/aromatic N) is 2. The molecule has 1 saturated heterocycles. The monoisotopic (exact) mass is 496 g/mol. The molecular weight excluding hydrogens is 460 g/mol. The minimum atomic E-state index is -3.95. The van der Waals surface area contributed by atoms with Gasteiger partial charge in [-0.1, -0.05) is 43.3 Å². The first kappa shape index (κ1) is 25.4. The highest BCUT2D eigenvalue weighted by molar-refractivity contribution is 7.89. The van der Waals surface area contributed by atoms with Crippen molar-refractivity contribution in [3.05, 3.63) is 65.9 Å². The van der Waals surface area contributed by atoms with Gasteiger partial charge < -0.3 is 14.8 Å². The molecule has 0 spiro atoms. The molecule has 1 aromatic heterocycles. The lowest BCUT2D eigenvalue weighted by Gasteiger charge is -2.33. The van der Waals surface area contributed by atoms with Crippen molar-refractivity contribution in [3.63, 3.8) is 0 Å². The highest BCUT2D eigenvalue weighted by atomic mass is 32.2. The number of aromatic nitrogens is 1. The third-order valence-corrected chi connectivity index (χ3v) is 8.29. The van der Waals surface area contributed by atoms with Gasteiger partial charge in [-0.2, -0.15) is 4.72 Å². The summed E-state index contributed by atoms with van der Waals surface area (Å²) in [5.41, 5.74) is 2.75. The van der Waals surface area contributed by atoms with Gasteiger partial charge in [-0.3, -0.25) is 4.79 Å². The number of H-pyrrole nitrogens is 1. The number of fused-ring (bicyclic) bond motifs is 1. The number of piperidine rings is 1. The summed E-state index contributed by atoms with van der Waals surface area (Å²) in [4.78, 5) is 20.8. The van der Waals surface area contributed by atoms with E-state index in [9.17, 15) is 13.2 Å². The number of rotatable bonds is 9. The molecule has 2 aromatic carbocycles. The number of aromatic amines is 1. The topological polar surface area (TPSA) is 85.5 Å². The van der Waals surface area contributed by atoms with Gasteiger partial charge in [0, 0.05) is 36.7 Å². The van der Waals surface area contributed by atoms with Crippen molar-refractivity contribution in [1.82, 2.24) is 19.5 Å². The van der Waals surface area contributed by atoms with Crippen molar-refractivity contribution in [3.8, 4) is 0 Å². The van der Waals surface area contributed by atoms with Crippen LogP contribution in [0.5, 0.6) is 0 Å². The zero-order valence-electron chi connectivity index (χ0n) is 20.8. The molecule has 1 unspecified atom stereocenters. The molecule has 0 aliphatic carbocycles. The first-order valence-corrected chi connectivity index (χ1v) is 13.8. The lowest BCUT2D eigenvalue weighted by molar-refractivity contribution is -0.134. The lowest BCUT2D eigenvalue weighted by Crippen LogP contribution is -2.50. The van der Waals surface area contributed by atoms with E-state index in [1.54, 1.807) is 12.1 Å². The van der Waals surface area contributed by atoms with Gasteiger partial charge >= 0.3 is 0 Å². The van der Waals surface area contributed by atoms with Gasteiger partial charge in [-0.05, 0) is 69.0 Å². The summed E-state index contributed by atoms with van der Waals surface area (Å²) in [6.07, 6.45) is 4.77. The molecule has 35 heavy (non-hydrogen) atoms. The van der Waals surface area contributed by atoms with Gasteiger partial charge in [0.15, 0.2) is 0 Å². The van der Waals surface area contributed by atoms with E-state index in [1.165, 1.54) is 0 Å². The molecule has 0 bridgehead atoms. The summed E-state index contributed by atoms with van der Waals surface area (Å²) in [5.74, 6) is 0.450. The number of hydrogen-bond donors (Lipinski definition) is 2. The van der Waals surface area contributed by atoms with Crippen LogP contribution in [-0.4, -0.2) is 62.3 Å². The Morgan fingerprint density at radius 3 is 2.51 bits per heavy atom. The Bertz CT molecular complexity index is 1250. The van der Waals surface area contributed by atoms with Gasteiger partial charge in [-0.25, -0.2) is 8.42 Å². The number of aryl methyl sites for hydroxylation is 1. The number of carbonyl (C=O) groups is 1. The molecule has 1 aliphatic heterocycles. The van der Waals surface area contributed by atoms with E-state index in [1.807, 2.05) is 66.5 Å². The molecule has 1 aliphatic rings. The number of amides is 1. The van der Waals surface area contributed by atoms with E-state index in [2.05, 4.69) is 16.6 Å². The standard InChI is InChI=1S/C27H36N4O3S/c1-20-14-16-31(17-15-20)27(32)24(13-12-21-8-5-4-6-9-21)29-35(33,34)25-11-7-10-23-26(25)22(18-28-23)19-30(2)3/h4-11,18,20,24,28-29H,12-17,19H2,1-3H3. The quantitative estimate of drug-likeness (QED) is 0.472. The van der Waals surface area contributed by atoms with Crippen LogP contribution in [0.1, 0.15) is 37.3 Å². The first-order valence-electron chi connectivity index (χ1n) is 12.3. The Balaban J connectivity index is 1.63. The smallest absolute Gasteiger partial charge is 0.241 e. The van der Waals surface area contributed by atoms with Crippen LogP contribution in [-0.2, 0) is 27.8 Å². The van der Waals surface area contributed by atoms with Gasteiger partial charge in [0.25, 0.3) is 0 Å². The zero-order chi connectivity index (χ0) is 25.0. The van der Waals surface area contributed by atoms with Crippen LogP contribution < -0.4 is 4.72 Å².